The quantitative estimate of drug-likeness (QED) is 0.741. The van der Waals surface area contributed by atoms with Gasteiger partial charge in [-0.3, -0.25) is 4.79 Å². The Balaban J connectivity index is 2.50. The normalized spacial score (nSPS) is 12.0. The van der Waals surface area contributed by atoms with Crippen LogP contribution in [0.2, 0.25) is 0 Å². The van der Waals surface area contributed by atoms with Crippen LogP contribution in [0.5, 0.6) is 0 Å². The van der Waals surface area contributed by atoms with Crippen molar-refractivity contribution in [3.05, 3.63) is 41.2 Å². The number of carbonyl (C=O) groups is 1. The summed E-state index contributed by atoms with van der Waals surface area (Å²) in [5, 5.41) is 0. The molecule has 4 heteroatoms. The molecule has 2 rings (SSSR count). The Morgan fingerprint density at radius 2 is 2.24 bits per heavy atom. The van der Waals surface area contributed by atoms with Crippen LogP contribution < -0.4 is 4.80 Å². The first-order valence-corrected chi connectivity index (χ1v) is 8.32. The van der Waals surface area contributed by atoms with E-state index in [0.29, 0.717) is 13.0 Å². The number of hydrogen-bond donors (Lipinski definition) is 0. The fourth-order valence-corrected chi connectivity index (χ4v) is 3.34. The van der Waals surface area contributed by atoms with Crippen LogP contribution in [0.4, 0.5) is 0 Å². The van der Waals surface area contributed by atoms with Gasteiger partial charge in [-0.15, -0.1) is 6.58 Å². The maximum Gasteiger partial charge on any atom is 0.248 e. The van der Waals surface area contributed by atoms with E-state index in [1.54, 1.807) is 11.3 Å². The minimum Gasteiger partial charge on any atom is -0.313 e. The SMILES string of the molecule is C=CCn1c(=NC(=O)CCCC)sc2cc(CC)ccc21. The van der Waals surface area contributed by atoms with Crippen molar-refractivity contribution in [1.82, 2.24) is 4.57 Å². The van der Waals surface area contributed by atoms with Crippen molar-refractivity contribution < 1.29 is 4.79 Å². The molecule has 0 saturated heterocycles. The maximum absolute atomic E-state index is 11.9. The summed E-state index contributed by atoms with van der Waals surface area (Å²) in [6.07, 6.45) is 5.29. The number of benzene rings is 1. The van der Waals surface area contributed by atoms with Crippen molar-refractivity contribution in [1.29, 1.82) is 0 Å². The zero-order chi connectivity index (χ0) is 15.2. The Labute approximate surface area is 129 Å². The van der Waals surface area contributed by atoms with E-state index in [-0.39, 0.29) is 5.91 Å². The molecule has 0 atom stereocenters. The van der Waals surface area contributed by atoms with E-state index in [2.05, 4.69) is 48.2 Å². The van der Waals surface area contributed by atoms with E-state index >= 15 is 0 Å². The summed E-state index contributed by atoms with van der Waals surface area (Å²) in [5.41, 5.74) is 2.43. The Morgan fingerprint density at radius 3 is 2.90 bits per heavy atom. The van der Waals surface area contributed by atoms with Crippen LogP contribution in [0, 0.1) is 0 Å². The third-order valence-corrected chi connectivity index (χ3v) is 4.47. The smallest absolute Gasteiger partial charge is 0.248 e. The molecule has 0 radical (unpaired) electrons. The van der Waals surface area contributed by atoms with Gasteiger partial charge in [0.25, 0.3) is 0 Å². The van der Waals surface area contributed by atoms with Crippen LogP contribution in [-0.2, 0) is 17.8 Å². The van der Waals surface area contributed by atoms with E-state index in [1.165, 1.54) is 10.3 Å². The Morgan fingerprint density at radius 1 is 1.43 bits per heavy atom. The fourth-order valence-electron chi connectivity index (χ4n) is 2.22. The molecule has 0 aliphatic carbocycles. The first kappa shape index (κ1) is 15.7. The Kier molecular flexibility index (Phi) is 5.51. The maximum atomic E-state index is 11.9. The van der Waals surface area contributed by atoms with Gasteiger partial charge in [0.05, 0.1) is 10.2 Å². The summed E-state index contributed by atoms with van der Waals surface area (Å²) >= 11 is 1.58. The number of thiazole rings is 1. The molecule has 0 fully saturated rings. The number of rotatable bonds is 6. The van der Waals surface area contributed by atoms with Gasteiger partial charge in [0.15, 0.2) is 4.80 Å². The molecule has 1 aromatic heterocycles. The van der Waals surface area contributed by atoms with E-state index in [9.17, 15) is 4.79 Å². The highest BCUT2D eigenvalue weighted by molar-refractivity contribution is 7.16. The number of aryl methyl sites for hydroxylation is 1. The summed E-state index contributed by atoms with van der Waals surface area (Å²) in [4.78, 5) is 17.0. The van der Waals surface area contributed by atoms with Crippen LogP contribution in [0.3, 0.4) is 0 Å². The number of unbranched alkanes of at least 4 members (excludes halogenated alkanes) is 1. The molecule has 0 saturated carbocycles. The first-order chi connectivity index (χ1) is 10.2. The molecular formula is C17H22N2OS. The van der Waals surface area contributed by atoms with Gasteiger partial charge in [-0.25, -0.2) is 0 Å². The van der Waals surface area contributed by atoms with Crippen LogP contribution >= 0.6 is 11.3 Å². The second-order valence-electron chi connectivity index (χ2n) is 5.05. The second-order valence-corrected chi connectivity index (χ2v) is 6.06. The average Bonchev–Trinajstić information content (AvgIpc) is 2.82. The lowest BCUT2D eigenvalue weighted by Crippen LogP contribution is -2.16. The summed E-state index contributed by atoms with van der Waals surface area (Å²) in [6.45, 7) is 8.70. The van der Waals surface area contributed by atoms with Crippen LogP contribution in [0.15, 0.2) is 35.8 Å². The zero-order valence-electron chi connectivity index (χ0n) is 12.8. The van der Waals surface area contributed by atoms with Gasteiger partial charge >= 0.3 is 0 Å². The molecule has 1 amide bonds. The number of hydrogen-bond acceptors (Lipinski definition) is 2. The number of carbonyl (C=O) groups excluding carboxylic acids is 1. The Hall–Kier alpha value is -1.68. The summed E-state index contributed by atoms with van der Waals surface area (Å²) in [6, 6.07) is 6.44. The number of aromatic nitrogens is 1. The van der Waals surface area contributed by atoms with Crippen molar-refractivity contribution >= 4 is 27.5 Å². The monoisotopic (exact) mass is 302 g/mol. The standard InChI is InChI=1S/C17H22N2OS/c1-4-7-8-16(20)18-17-19(11-5-2)14-10-9-13(6-3)12-15(14)21-17/h5,9-10,12H,2,4,6-8,11H2,1,3H3. The molecule has 1 heterocycles. The largest absolute Gasteiger partial charge is 0.313 e. The molecule has 0 spiro atoms. The van der Waals surface area contributed by atoms with Gasteiger partial charge in [-0.05, 0) is 30.5 Å². The highest BCUT2D eigenvalue weighted by atomic mass is 32.1. The molecule has 112 valence electrons. The molecule has 0 aliphatic rings. The van der Waals surface area contributed by atoms with Gasteiger partial charge in [0, 0.05) is 13.0 Å². The van der Waals surface area contributed by atoms with Crippen LogP contribution in [0.25, 0.3) is 10.2 Å². The fraction of sp³-hybridized carbons (Fsp3) is 0.412. The van der Waals surface area contributed by atoms with Gasteiger partial charge in [0.1, 0.15) is 0 Å². The van der Waals surface area contributed by atoms with Gasteiger partial charge in [0.2, 0.25) is 5.91 Å². The minimum absolute atomic E-state index is 0.0306. The van der Waals surface area contributed by atoms with Crippen LogP contribution in [0.1, 0.15) is 38.7 Å². The highest BCUT2D eigenvalue weighted by Gasteiger charge is 2.07. The average molecular weight is 302 g/mol. The van der Waals surface area contributed by atoms with E-state index in [4.69, 9.17) is 0 Å². The number of fused-ring (bicyclic) bond motifs is 1. The lowest BCUT2D eigenvalue weighted by Gasteiger charge is -2.01. The Bertz CT molecular complexity index is 709. The number of allylic oxidation sites excluding steroid dienone is 1. The minimum atomic E-state index is -0.0306. The molecule has 21 heavy (non-hydrogen) atoms. The van der Waals surface area contributed by atoms with Crippen LogP contribution in [-0.4, -0.2) is 10.5 Å². The molecule has 0 bridgehead atoms. The third kappa shape index (κ3) is 3.70. The van der Waals surface area contributed by atoms with Gasteiger partial charge < -0.3 is 4.57 Å². The predicted octanol–water partition coefficient (Wildman–Crippen LogP) is 4.07. The summed E-state index contributed by atoms with van der Waals surface area (Å²) < 4.78 is 3.24. The van der Waals surface area contributed by atoms with Crippen molar-refractivity contribution in [2.45, 2.75) is 46.1 Å². The van der Waals surface area contributed by atoms with Crippen molar-refractivity contribution in [3.8, 4) is 0 Å². The summed E-state index contributed by atoms with van der Waals surface area (Å²) in [5.74, 6) is -0.0306. The molecule has 0 N–H and O–H groups in total. The predicted molar refractivity (Wildman–Crippen MR) is 89.5 cm³/mol. The zero-order valence-corrected chi connectivity index (χ0v) is 13.6. The molecular weight excluding hydrogens is 280 g/mol. The molecule has 2 aromatic rings. The molecule has 1 aromatic carbocycles. The number of amides is 1. The van der Waals surface area contributed by atoms with E-state index < -0.39 is 0 Å². The van der Waals surface area contributed by atoms with Gasteiger partial charge in [-0.2, -0.15) is 4.99 Å². The molecule has 0 unspecified atom stereocenters. The summed E-state index contributed by atoms with van der Waals surface area (Å²) in [7, 11) is 0. The van der Waals surface area contributed by atoms with E-state index in [1.807, 2.05) is 6.08 Å². The van der Waals surface area contributed by atoms with Gasteiger partial charge in [-0.1, -0.05) is 43.7 Å². The highest BCUT2D eigenvalue weighted by Crippen LogP contribution is 2.19. The topological polar surface area (TPSA) is 34.4 Å². The lowest BCUT2D eigenvalue weighted by molar-refractivity contribution is -0.118. The molecule has 3 nitrogen and oxygen atoms in total. The van der Waals surface area contributed by atoms with E-state index in [0.717, 1.165) is 29.6 Å². The lowest BCUT2D eigenvalue weighted by atomic mass is 10.2. The van der Waals surface area contributed by atoms with Crippen molar-refractivity contribution in [3.63, 3.8) is 0 Å². The van der Waals surface area contributed by atoms with Crippen molar-refractivity contribution in [2.24, 2.45) is 4.99 Å². The molecule has 0 aliphatic heterocycles. The first-order valence-electron chi connectivity index (χ1n) is 7.50. The van der Waals surface area contributed by atoms with Crippen molar-refractivity contribution in [2.75, 3.05) is 0 Å². The third-order valence-electron chi connectivity index (χ3n) is 3.43. The second kappa shape index (κ2) is 7.36. The number of nitrogens with zero attached hydrogens (tertiary/aromatic N) is 2.